The van der Waals surface area contributed by atoms with Crippen molar-refractivity contribution >= 4 is 33.2 Å². The lowest BCUT2D eigenvalue weighted by molar-refractivity contribution is -0.117. The van der Waals surface area contributed by atoms with E-state index in [0.29, 0.717) is 23.8 Å². The largest absolute Gasteiger partial charge is 0.494 e. The van der Waals surface area contributed by atoms with Crippen LogP contribution in [0.3, 0.4) is 0 Å². The molecule has 0 spiro atoms. The molecule has 2 aromatic carbocycles. The van der Waals surface area contributed by atoms with Crippen molar-refractivity contribution in [2.24, 2.45) is 0 Å². The summed E-state index contributed by atoms with van der Waals surface area (Å²) in [5.74, 6) is 0.145. The molecular formula is C19H22ClNO4S. The van der Waals surface area contributed by atoms with Gasteiger partial charge in [-0.2, -0.15) is 0 Å². The van der Waals surface area contributed by atoms with E-state index in [9.17, 15) is 13.2 Å². The number of carbonyl (C=O) groups excluding carboxylic acids is 1. The highest BCUT2D eigenvalue weighted by Crippen LogP contribution is 2.28. The number of carbonyl (C=O) groups is 1. The van der Waals surface area contributed by atoms with Gasteiger partial charge in [0.05, 0.1) is 17.2 Å². The Bertz CT molecular complexity index is 833. The van der Waals surface area contributed by atoms with Crippen LogP contribution in [0.25, 0.3) is 0 Å². The predicted octanol–water partition coefficient (Wildman–Crippen LogP) is 4.65. The third kappa shape index (κ3) is 4.77. The average molecular weight is 396 g/mol. The van der Waals surface area contributed by atoms with Gasteiger partial charge in [-0.15, -0.1) is 0 Å². The SMILES string of the molecule is CCCCC(=O)N(c1ccc(OCC)cc1)S(=O)(=O)c1ccc(Cl)cc1. The van der Waals surface area contributed by atoms with Crippen LogP contribution in [0.5, 0.6) is 5.75 Å². The van der Waals surface area contributed by atoms with Gasteiger partial charge < -0.3 is 4.74 Å². The first-order valence-electron chi connectivity index (χ1n) is 8.46. The molecule has 7 heteroatoms. The lowest BCUT2D eigenvalue weighted by Gasteiger charge is -2.23. The summed E-state index contributed by atoms with van der Waals surface area (Å²) in [6, 6.07) is 12.2. The van der Waals surface area contributed by atoms with E-state index < -0.39 is 15.9 Å². The van der Waals surface area contributed by atoms with Crippen LogP contribution in [0, 0.1) is 0 Å². The fourth-order valence-electron chi connectivity index (χ4n) is 2.40. The summed E-state index contributed by atoms with van der Waals surface area (Å²) >= 11 is 5.85. The van der Waals surface area contributed by atoms with E-state index in [2.05, 4.69) is 0 Å². The lowest BCUT2D eigenvalue weighted by Crippen LogP contribution is -2.36. The molecule has 0 aliphatic carbocycles. The summed E-state index contributed by atoms with van der Waals surface area (Å²) in [6.07, 6.45) is 1.56. The lowest BCUT2D eigenvalue weighted by atomic mass is 10.2. The molecule has 0 saturated carbocycles. The zero-order chi connectivity index (χ0) is 19.2. The van der Waals surface area contributed by atoms with E-state index in [0.717, 1.165) is 10.7 Å². The molecule has 2 aromatic rings. The van der Waals surface area contributed by atoms with Gasteiger partial charge in [-0.25, -0.2) is 12.7 Å². The monoisotopic (exact) mass is 395 g/mol. The highest BCUT2D eigenvalue weighted by molar-refractivity contribution is 7.93. The number of anilines is 1. The van der Waals surface area contributed by atoms with Crippen LogP contribution >= 0.6 is 11.6 Å². The van der Waals surface area contributed by atoms with Crippen molar-refractivity contribution < 1.29 is 17.9 Å². The zero-order valence-corrected chi connectivity index (χ0v) is 16.4. The molecule has 0 bridgehead atoms. The van der Waals surface area contributed by atoms with E-state index in [4.69, 9.17) is 16.3 Å². The van der Waals surface area contributed by atoms with E-state index in [1.54, 1.807) is 24.3 Å². The maximum Gasteiger partial charge on any atom is 0.270 e. The van der Waals surface area contributed by atoms with Gasteiger partial charge in [-0.05, 0) is 61.9 Å². The standard InChI is InChI=1S/C19H22ClNO4S/c1-3-5-6-19(22)21(16-9-11-17(12-10-16)25-4-2)26(23,24)18-13-7-15(20)8-14-18/h7-14H,3-6H2,1-2H3. The number of hydrogen-bond donors (Lipinski definition) is 0. The molecule has 0 unspecified atom stereocenters. The molecule has 0 radical (unpaired) electrons. The molecule has 0 N–H and O–H groups in total. The third-order valence-electron chi connectivity index (χ3n) is 3.70. The highest BCUT2D eigenvalue weighted by Gasteiger charge is 2.30. The minimum absolute atomic E-state index is 0.0145. The normalized spacial score (nSPS) is 11.2. The molecule has 26 heavy (non-hydrogen) atoms. The van der Waals surface area contributed by atoms with Crippen LogP contribution in [0.1, 0.15) is 33.1 Å². The molecule has 140 valence electrons. The smallest absolute Gasteiger partial charge is 0.270 e. The fraction of sp³-hybridized carbons (Fsp3) is 0.316. The van der Waals surface area contributed by atoms with Crippen molar-refractivity contribution in [1.82, 2.24) is 0 Å². The van der Waals surface area contributed by atoms with Crippen molar-refractivity contribution in [1.29, 1.82) is 0 Å². The van der Waals surface area contributed by atoms with Crippen LogP contribution in [-0.2, 0) is 14.8 Å². The number of benzene rings is 2. The van der Waals surface area contributed by atoms with Crippen molar-refractivity contribution in [3.05, 3.63) is 53.6 Å². The minimum Gasteiger partial charge on any atom is -0.494 e. The van der Waals surface area contributed by atoms with E-state index >= 15 is 0 Å². The zero-order valence-electron chi connectivity index (χ0n) is 14.8. The maximum atomic E-state index is 13.1. The molecule has 0 fully saturated rings. The Balaban J connectivity index is 2.46. The van der Waals surface area contributed by atoms with Crippen molar-refractivity contribution in [2.75, 3.05) is 10.9 Å². The molecular weight excluding hydrogens is 374 g/mol. The number of rotatable bonds is 8. The number of ether oxygens (including phenoxy) is 1. The van der Waals surface area contributed by atoms with Crippen molar-refractivity contribution in [3.63, 3.8) is 0 Å². The fourth-order valence-corrected chi connectivity index (χ4v) is 3.98. The summed E-state index contributed by atoms with van der Waals surface area (Å²) in [7, 11) is -4.04. The van der Waals surface area contributed by atoms with Crippen molar-refractivity contribution in [2.45, 2.75) is 38.0 Å². The Morgan fingerprint density at radius 1 is 1.04 bits per heavy atom. The van der Waals surface area contributed by atoms with Gasteiger partial charge in [-0.3, -0.25) is 4.79 Å². The van der Waals surface area contributed by atoms with Crippen LogP contribution in [0.4, 0.5) is 5.69 Å². The average Bonchev–Trinajstić information content (AvgIpc) is 2.62. The van der Waals surface area contributed by atoms with Crippen LogP contribution < -0.4 is 9.04 Å². The molecule has 0 heterocycles. The first kappa shape index (κ1) is 20.3. The first-order chi connectivity index (χ1) is 12.4. The summed E-state index contributed by atoms with van der Waals surface area (Å²) in [4.78, 5) is 12.7. The van der Waals surface area contributed by atoms with Gasteiger partial charge in [0.2, 0.25) is 5.91 Å². The second-order valence-corrected chi connectivity index (χ2v) is 7.87. The van der Waals surface area contributed by atoms with E-state index in [1.165, 1.54) is 24.3 Å². The minimum atomic E-state index is -4.04. The van der Waals surface area contributed by atoms with E-state index in [1.807, 2.05) is 13.8 Å². The molecule has 2 rings (SSSR count). The predicted molar refractivity (Wildman–Crippen MR) is 103 cm³/mol. The molecule has 1 amide bonds. The highest BCUT2D eigenvalue weighted by atomic mass is 35.5. The van der Waals surface area contributed by atoms with Gasteiger partial charge in [0, 0.05) is 11.4 Å². The summed E-state index contributed by atoms with van der Waals surface area (Å²) in [6.45, 7) is 4.31. The van der Waals surface area contributed by atoms with Gasteiger partial charge in [0.1, 0.15) is 5.75 Å². The number of halogens is 1. The Morgan fingerprint density at radius 3 is 2.19 bits per heavy atom. The molecule has 0 aromatic heterocycles. The number of amides is 1. The topological polar surface area (TPSA) is 63.7 Å². The molecule has 0 aliphatic heterocycles. The van der Waals surface area contributed by atoms with Gasteiger partial charge in [0.15, 0.2) is 0 Å². The van der Waals surface area contributed by atoms with Gasteiger partial charge >= 0.3 is 0 Å². The van der Waals surface area contributed by atoms with E-state index in [-0.39, 0.29) is 17.0 Å². The first-order valence-corrected chi connectivity index (χ1v) is 10.3. The van der Waals surface area contributed by atoms with Crippen LogP contribution in [0.15, 0.2) is 53.4 Å². The summed E-state index contributed by atoms with van der Waals surface area (Å²) < 4.78 is 32.4. The quantitative estimate of drug-likeness (QED) is 0.652. The Labute approximate surface area is 159 Å². The Morgan fingerprint density at radius 2 is 1.65 bits per heavy atom. The number of hydrogen-bond acceptors (Lipinski definition) is 4. The molecule has 0 atom stereocenters. The maximum absolute atomic E-state index is 13.1. The molecule has 5 nitrogen and oxygen atoms in total. The number of nitrogens with zero attached hydrogens (tertiary/aromatic N) is 1. The van der Waals surface area contributed by atoms with Crippen LogP contribution in [0.2, 0.25) is 5.02 Å². The van der Waals surface area contributed by atoms with Gasteiger partial charge in [0.25, 0.3) is 10.0 Å². The summed E-state index contributed by atoms with van der Waals surface area (Å²) in [5, 5.41) is 0.425. The van der Waals surface area contributed by atoms with Gasteiger partial charge in [-0.1, -0.05) is 24.9 Å². The number of unbranched alkanes of at least 4 members (excludes halogenated alkanes) is 1. The van der Waals surface area contributed by atoms with Crippen molar-refractivity contribution in [3.8, 4) is 5.75 Å². The third-order valence-corrected chi connectivity index (χ3v) is 5.72. The Hall–Kier alpha value is -2.05. The van der Waals surface area contributed by atoms with Crippen LogP contribution in [-0.4, -0.2) is 20.9 Å². The Kier molecular flexibility index (Phi) is 7.06. The molecule has 0 aliphatic rings. The number of sulfonamides is 1. The second-order valence-electron chi connectivity index (χ2n) is 5.65. The second kappa shape index (κ2) is 9.05. The molecule has 0 saturated heterocycles. The summed E-state index contributed by atoms with van der Waals surface area (Å²) in [5.41, 5.74) is 0.282.